The summed E-state index contributed by atoms with van der Waals surface area (Å²) in [6.45, 7) is 1.79. The van der Waals surface area contributed by atoms with Gasteiger partial charge in [0.05, 0.1) is 10.9 Å². The van der Waals surface area contributed by atoms with Crippen molar-refractivity contribution in [3.8, 4) is 0 Å². The second-order valence-corrected chi connectivity index (χ2v) is 11.5. The second kappa shape index (κ2) is 11.0. The first kappa shape index (κ1) is 26.0. The van der Waals surface area contributed by atoms with Crippen molar-refractivity contribution in [2.75, 3.05) is 0 Å². The van der Waals surface area contributed by atoms with E-state index in [1.54, 1.807) is 43.5 Å². The van der Waals surface area contributed by atoms with Gasteiger partial charge in [-0.25, -0.2) is 13.4 Å². The smallest absolute Gasteiger partial charge is 0.268 e. The van der Waals surface area contributed by atoms with Gasteiger partial charge < -0.3 is 9.73 Å². The summed E-state index contributed by atoms with van der Waals surface area (Å²) in [6.07, 6.45) is 8.93. The quantitative estimate of drug-likeness (QED) is 0.395. The summed E-state index contributed by atoms with van der Waals surface area (Å²) in [5, 5.41) is 2.82. The number of benzene rings is 1. The van der Waals surface area contributed by atoms with Crippen LogP contribution in [0, 0.1) is 5.92 Å². The van der Waals surface area contributed by atoms with Crippen molar-refractivity contribution in [2.24, 2.45) is 10.9 Å². The van der Waals surface area contributed by atoms with Gasteiger partial charge >= 0.3 is 0 Å². The molecule has 3 heterocycles. The summed E-state index contributed by atoms with van der Waals surface area (Å²) < 4.78 is 33.3. The Balaban J connectivity index is 1.38. The predicted molar refractivity (Wildman–Crippen MR) is 141 cm³/mol. The van der Waals surface area contributed by atoms with Crippen molar-refractivity contribution in [1.29, 1.82) is 0 Å². The van der Waals surface area contributed by atoms with Crippen LogP contribution in [0.15, 0.2) is 56.9 Å². The lowest BCUT2D eigenvalue weighted by atomic mass is 9.85. The molecule has 38 heavy (non-hydrogen) atoms. The Morgan fingerprint density at radius 3 is 2.71 bits per heavy atom. The molecule has 5 rings (SSSR count). The largest absolute Gasteiger partial charge is 0.432 e. The molecule has 3 aromatic rings. The zero-order valence-corrected chi connectivity index (χ0v) is 22.0. The lowest BCUT2D eigenvalue weighted by Gasteiger charge is -2.24. The van der Waals surface area contributed by atoms with Crippen LogP contribution in [0.25, 0.3) is 11.2 Å². The molecular weight excluding hydrogens is 506 g/mol. The van der Waals surface area contributed by atoms with Gasteiger partial charge in [0, 0.05) is 11.8 Å². The van der Waals surface area contributed by atoms with Crippen LogP contribution in [0.4, 0.5) is 0 Å². The number of pyridine rings is 1. The van der Waals surface area contributed by atoms with Crippen molar-refractivity contribution in [2.45, 2.75) is 75.3 Å². The third kappa shape index (κ3) is 5.47. The third-order valence-corrected chi connectivity index (χ3v) is 8.64. The van der Waals surface area contributed by atoms with Crippen molar-refractivity contribution >= 4 is 38.8 Å². The number of ketones is 1. The number of hydrogen-bond acceptors (Lipinski definition) is 8. The molecule has 1 aliphatic heterocycles. The van der Waals surface area contributed by atoms with Crippen LogP contribution in [-0.2, 0) is 14.8 Å². The van der Waals surface area contributed by atoms with Crippen molar-refractivity contribution in [3.05, 3.63) is 54.0 Å². The predicted octanol–water partition coefficient (Wildman–Crippen LogP) is 3.77. The SMILES string of the molecule is CC[C@H](NC(=O)[C@H](CCC1CCCCC1)N=C1NS(=O)(=O)c2ccccc21)C(=O)c1nc2ncccc2o1. The number of nitrogens with one attached hydrogen (secondary N) is 2. The molecule has 2 aromatic heterocycles. The molecule has 0 radical (unpaired) electrons. The molecule has 0 spiro atoms. The lowest BCUT2D eigenvalue weighted by Crippen LogP contribution is -2.45. The topological polar surface area (TPSA) is 144 Å². The van der Waals surface area contributed by atoms with Gasteiger partial charge in [-0.05, 0) is 49.4 Å². The summed E-state index contributed by atoms with van der Waals surface area (Å²) in [5.74, 6) is -0.361. The summed E-state index contributed by atoms with van der Waals surface area (Å²) in [5.41, 5.74) is 1.15. The first-order valence-corrected chi connectivity index (χ1v) is 14.6. The molecule has 10 nitrogen and oxygen atoms in total. The van der Waals surface area contributed by atoms with Crippen LogP contribution in [0.2, 0.25) is 0 Å². The van der Waals surface area contributed by atoms with Gasteiger partial charge in [0.25, 0.3) is 15.9 Å². The van der Waals surface area contributed by atoms with Crippen molar-refractivity contribution < 1.29 is 22.4 Å². The summed E-state index contributed by atoms with van der Waals surface area (Å²) in [4.78, 5) is 39.7. The fourth-order valence-corrected chi connectivity index (χ4v) is 6.39. The van der Waals surface area contributed by atoms with Gasteiger partial charge in [0.15, 0.2) is 11.2 Å². The normalized spacial score (nSPS) is 19.6. The number of carbonyl (C=O) groups excluding carboxylic acids is 2. The van der Waals surface area contributed by atoms with E-state index in [1.807, 2.05) is 0 Å². The Bertz CT molecular complexity index is 1440. The highest BCUT2D eigenvalue weighted by molar-refractivity contribution is 7.90. The van der Waals surface area contributed by atoms with Gasteiger partial charge in [0.2, 0.25) is 11.7 Å². The van der Waals surface area contributed by atoms with E-state index < -0.39 is 33.8 Å². The molecule has 11 heteroatoms. The fourth-order valence-electron chi connectivity index (χ4n) is 5.15. The Hall–Kier alpha value is -3.60. The number of amidine groups is 1. The van der Waals surface area contributed by atoms with Gasteiger partial charge in [-0.1, -0.05) is 51.2 Å². The molecule has 200 valence electrons. The number of aliphatic imine (C=N–C) groups is 1. The van der Waals surface area contributed by atoms with E-state index in [1.165, 1.54) is 25.3 Å². The van der Waals surface area contributed by atoms with Gasteiger partial charge in [-0.3, -0.25) is 19.3 Å². The number of sulfonamides is 1. The van der Waals surface area contributed by atoms with E-state index in [0.29, 0.717) is 35.6 Å². The molecule has 1 fully saturated rings. The Labute approximate surface area is 221 Å². The Morgan fingerprint density at radius 1 is 1.16 bits per heavy atom. The molecule has 0 bridgehead atoms. The summed E-state index contributed by atoms with van der Waals surface area (Å²) in [6, 6.07) is 8.17. The van der Waals surface area contributed by atoms with Crippen molar-refractivity contribution in [1.82, 2.24) is 20.0 Å². The van der Waals surface area contributed by atoms with E-state index in [9.17, 15) is 18.0 Å². The molecule has 1 amide bonds. The van der Waals surface area contributed by atoms with E-state index in [-0.39, 0.29) is 16.6 Å². The molecule has 2 aliphatic rings. The monoisotopic (exact) mass is 537 g/mol. The average molecular weight is 538 g/mol. The average Bonchev–Trinajstić information content (AvgIpc) is 3.48. The van der Waals surface area contributed by atoms with Crippen LogP contribution < -0.4 is 10.0 Å². The van der Waals surface area contributed by atoms with E-state index in [4.69, 9.17) is 4.42 Å². The van der Waals surface area contributed by atoms with E-state index in [0.717, 1.165) is 19.3 Å². The van der Waals surface area contributed by atoms with Crippen LogP contribution >= 0.6 is 0 Å². The van der Waals surface area contributed by atoms with Crippen LogP contribution in [0.3, 0.4) is 0 Å². The Kier molecular flexibility index (Phi) is 7.55. The maximum atomic E-state index is 13.5. The van der Waals surface area contributed by atoms with Gasteiger partial charge in [-0.2, -0.15) is 4.98 Å². The number of nitrogens with zero attached hydrogens (tertiary/aromatic N) is 3. The van der Waals surface area contributed by atoms with Crippen LogP contribution in [-0.4, -0.2) is 48.0 Å². The number of hydrogen-bond donors (Lipinski definition) is 2. The molecule has 0 saturated heterocycles. The maximum Gasteiger partial charge on any atom is 0.268 e. The highest BCUT2D eigenvalue weighted by atomic mass is 32.2. The number of oxazole rings is 1. The van der Waals surface area contributed by atoms with E-state index >= 15 is 0 Å². The molecule has 2 N–H and O–H groups in total. The molecular formula is C27H31N5O5S. The highest BCUT2D eigenvalue weighted by Crippen LogP contribution is 2.29. The molecule has 1 aromatic carbocycles. The molecule has 1 saturated carbocycles. The second-order valence-electron chi connectivity index (χ2n) is 9.85. The van der Waals surface area contributed by atoms with Crippen LogP contribution in [0.1, 0.15) is 74.5 Å². The first-order chi connectivity index (χ1) is 18.4. The maximum absolute atomic E-state index is 13.5. The minimum atomic E-state index is -3.74. The summed E-state index contributed by atoms with van der Waals surface area (Å²) >= 11 is 0. The number of rotatable bonds is 9. The molecule has 1 aliphatic carbocycles. The van der Waals surface area contributed by atoms with Crippen LogP contribution in [0.5, 0.6) is 0 Å². The number of carbonyl (C=O) groups is 2. The molecule has 2 atom stereocenters. The summed E-state index contributed by atoms with van der Waals surface area (Å²) in [7, 11) is -3.74. The van der Waals surface area contributed by atoms with Gasteiger partial charge in [0.1, 0.15) is 11.9 Å². The highest BCUT2D eigenvalue weighted by Gasteiger charge is 2.33. The van der Waals surface area contributed by atoms with Crippen molar-refractivity contribution in [3.63, 3.8) is 0 Å². The fraction of sp³-hybridized carbons (Fsp3) is 0.444. The third-order valence-electron chi connectivity index (χ3n) is 7.24. The number of Topliss-reactive ketones (excluding diaryl/α,β-unsaturated/α-hetero) is 1. The zero-order valence-electron chi connectivity index (χ0n) is 21.2. The standard InChI is InChI=1S/C27H31N5O5S/c1-2-19(23(33)27-31-25-21(37-27)12-8-16-28-25)30-26(34)20(15-14-17-9-4-3-5-10-17)29-24-18-11-6-7-13-22(18)38(35,36)32-24/h6-8,11-13,16-17,19-20H,2-5,9-10,14-15H2,1H3,(H,29,32)(H,30,34)/t19-,20-/m0/s1. The number of fused-ring (bicyclic) bond motifs is 2. The minimum absolute atomic E-state index is 0.117. The van der Waals surface area contributed by atoms with Gasteiger partial charge in [-0.15, -0.1) is 0 Å². The first-order valence-electron chi connectivity index (χ1n) is 13.1. The number of amides is 1. The van der Waals surface area contributed by atoms with E-state index in [2.05, 4.69) is 25.0 Å². The minimum Gasteiger partial charge on any atom is -0.432 e. The number of aromatic nitrogens is 2. The Morgan fingerprint density at radius 2 is 1.95 bits per heavy atom. The lowest BCUT2D eigenvalue weighted by molar-refractivity contribution is -0.123. The molecule has 0 unspecified atom stereocenters. The zero-order chi connectivity index (χ0) is 26.7.